The second kappa shape index (κ2) is 8.19. The van der Waals surface area contributed by atoms with Crippen LogP contribution < -0.4 is 10.1 Å². The predicted octanol–water partition coefficient (Wildman–Crippen LogP) is 2.70. The molecule has 0 spiro atoms. The Balaban J connectivity index is 2.45. The second-order valence-electron chi connectivity index (χ2n) is 3.57. The Hall–Kier alpha value is -1.17. The summed E-state index contributed by atoms with van der Waals surface area (Å²) < 4.78 is 9.84. The Morgan fingerprint density at radius 1 is 1.15 bits per heavy atom. The lowest BCUT2D eigenvalue weighted by Gasteiger charge is -2.09. The zero-order chi connectivity index (χ0) is 15.1. The molecule has 20 heavy (non-hydrogen) atoms. The Morgan fingerprint density at radius 3 is 2.45 bits per heavy atom. The van der Waals surface area contributed by atoms with Gasteiger partial charge in [0.1, 0.15) is 12.3 Å². The van der Waals surface area contributed by atoms with Gasteiger partial charge in [0.05, 0.1) is 21.7 Å². The van der Waals surface area contributed by atoms with Gasteiger partial charge in [0.15, 0.2) is 6.61 Å². The summed E-state index contributed by atoms with van der Waals surface area (Å²) in [5.74, 6) is -0.777. The van der Waals surface area contributed by atoms with Crippen molar-refractivity contribution in [2.24, 2.45) is 0 Å². The molecule has 0 aliphatic carbocycles. The van der Waals surface area contributed by atoms with E-state index in [0.717, 1.165) is 0 Å². The van der Waals surface area contributed by atoms with Gasteiger partial charge in [0.2, 0.25) is 0 Å². The quantitative estimate of drug-likeness (QED) is 0.639. The van der Waals surface area contributed by atoms with Crippen molar-refractivity contribution in [1.82, 2.24) is 5.32 Å². The summed E-state index contributed by atoms with van der Waals surface area (Å²) in [6.45, 7) is 1.40. The zero-order valence-corrected chi connectivity index (χ0v) is 12.8. The van der Waals surface area contributed by atoms with Crippen LogP contribution in [0.25, 0.3) is 0 Å². The molecule has 1 rings (SSSR count). The van der Waals surface area contributed by atoms with Crippen molar-refractivity contribution in [2.45, 2.75) is 6.92 Å². The largest absolute Gasteiger partial charge is 0.482 e. The zero-order valence-electron chi connectivity index (χ0n) is 10.5. The van der Waals surface area contributed by atoms with E-state index in [1.54, 1.807) is 6.92 Å². The number of esters is 1. The van der Waals surface area contributed by atoms with E-state index in [1.165, 1.54) is 12.1 Å². The van der Waals surface area contributed by atoms with Crippen molar-refractivity contribution in [3.05, 3.63) is 27.2 Å². The molecule has 1 aromatic carbocycles. The number of rotatable bonds is 6. The molecular formula is C12H12Cl3NO4. The van der Waals surface area contributed by atoms with Gasteiger partial charge in [-0.05, 0) is 13.0 Å². The predicted molar refractivity (Wildman–Crippen MR) is 76.6 cm³/mol. The number of halogens is 3. The molecule has 5 nitrogen and oxygen atoms in total. The molecule has 0 aliphatic heterocycles. The highest BCUT2D eigenvalue weighted by molar-refractivity contribution is 6.43. The maximum absolute atomic E-state index is 11.4. The van der Waals surface area contributed by atoms with E-state index in [-0.39, 0.29) is 40.6 Å². The van der Waals surface area contributed by atoms with Gasteiger partial charge in [0, 0.05) is 6.07 Å². The minimum atomic E-state index is -0.520. The number of carbonyl (C=O) groups excluding carboxylic acids is 2. The summed E-state index contributed by atoms with van der Waals surface area (Å²) in [4.78, 5) is 22.5. The minimum Gasteiger partial charge on any atom is -0.482 e. The topological polar surface area (TPSA) is 64.6 Å². The van der Waals surface area contributed by atoms with Gasteiger partial charge in [-0.1, -0.05) is 34.8 Å². The highest BCUT2D eigenvalue weighted by Crippen LogP contribution is 2.33. The van der Waals surface area contributed by atoms with Crippen molar-refractivity contribution in [2.75, 3.05) is 19.8 Å². The molecule has 1 aromatic rings. The molecule has 1 amide bonds. The van der Waals surface area contributed by atoms with Crippen LogP contribution in [-0.2, 0) is 14.3 Å². The van der Waals surface area contributed by atoms with Crippen LogP contribution in [0.5, 0.6) is 5.75 Å². The summed E-state index contributed by atoms with van der Waals surface area (Å²) in [6.07, 6.45) is 0. The van der Waals surface area contributed by atoms with E-state index in [9.17, 15) is 9.59 Å². The highest BCUT2D eigenvalue weighted by Gasteiger charge is 2.10. The maximum atomic E-state index is 11.4. The fourth-order valence-electron chi connectivity index (χ4n) is 1.19. The third-order valence-electron chi connectivity index (χ3n) is 2.07. The van der Waals surface area contributed by atoms with Crippen LogP contribution in [-0.4, -0.2) is 31.6 Å². The average Bonchev–Trinajstić information content (AvgIpc) is 2.39. The second-order valence-corrected chi connectivity index (χ2v) is 4.79. The third kappa shape index (κ3) is 5.45. The fourth-order valence-corrected chi connectivity index (χ4v) is 1.78. The SMILES string of the molecule is CCOC(=O)CNC(=O)COc1cc(Cl)c(Cl)cc1Cl. The highest BCUT2D eigenvalue weighted by atomic mass is 35.5. The molecule has 0 bridgehead atoms. The lowest BCUT2D eigenvalue weighted by atomic mass is 10.3. The lowest BCUT2D eigenvalue weighted by molar-refractivity contribution is -0.143. The van der Waals surface area contributed by atoms with Crippen LogP contribution in [0.4, 0.5) is 0 Å². The van der Waals surface area contributed by atoms with Crippen molar-refractivity contribution < 1.29 is 19.1 Å². The first-order chi connectivity index (χ1) is 9.43. The van der Waals surface area contributed by atoms with Crippen molar-refractivity contribution in [3.8, 4) is 5.75 Å². The van der Waals surface area contributed by atoms with Crippen LogP contribution in [0.2, 0.25) is 15.1 Å². The fraction of sp³-hybridized carbons (Fsp3) is 0.333. The summed E-state index contributed by atoms with van der Waals surface area (Å²) in [7, 11) is 0. The number of ether oxygens (including phenoxy) is 2. The number of hydrogen-bond acceptors (Lipinski definition) is 4. The summed E-state index contributed by atoms with van der Waals surface area (Å²) in [6, 6.07) is 2.82. The molecule has 110 valence electrons. The van der Waals surface area contributed by atoms with Crippen molar-refractivity contribution in [1.29, 1.82) is 0 Å². The number of benzene rings is 1. The summed E-state index contributed by atoms with van der Waals surface area (Å²) in [5, 5.41) is 3.13. The van der Waals surface area contributed by atoms with Gasteiger partial charge in [-0.2, -0.15) is 0 Å². The molecule has 0 heterocycles. The molecule has 0 saturated carbocycles. The van der Waals surface area contributed by atoms with Gasteiger partial charge in [0.25, 0.3) is 5.91 Å². The first kappa shape index (κ1) is 16.9. The molecule has 8 heteroatoms. The third-order valence-corrected chi connectivity index (χ3v) is 3.09. The monoisotopic (exact) mass is 339 g/mol. The Bertz CT molecular complexity index is 508. The van der Waals surface area contributed by atoms with Crippen molar-refractivity contribution in [3.63, 3.8) is 0 Å². The van der Waals surface area contributed by atoms with E-state index >= 15 is 0 Å². The molecule has 0 radical (unpaired) electrons. The van der Waals surface area contributed by atoms with Gasteiger partial charge in [-0.25, -0.2) is 0 Å². The van der Waals surface area contributed by atoms with Crippen LogP contribution in [0.15, 0.2) is 12.1 Å². The van der Waals surface area contributed by atoms with Crippen LogP contribution >= 0.6 is 34.8 Å². The Morgan fingerprint density at radius 2 is 1.80 bits per heavy atom. The molecule has 0 aliphatic rings. The Labute approximate surface area is 131 Å². The molecule has 0 saturated heterocycles. The van der Waals surface area contributed by atoms with E-state index in [2.05, 4.69) is 10.1 Å². The van der Waals surface area contributed by atoms with E-state index in [1.807, 2.05) is 0 Å². The standard InChI is InChI=1S/C12H12Cl3NO4/c1-2-19-12(18)5-16-11(17)6-20-10-4-8(14)7(13)3-9(10)15/h3-4H,2,5-6H2,1H3,(H,16,17). The first-order valence-corrected chi connectivity index (χ1v) is 6.77. The average molecular weight is 341 g/mol. The lowest BCUT2D eigenvalue weighted by Crippen LogP contribution is -2.34. The van der Waals surface area contributed by atoms with Gasteiger partial charge < -0.3 is 14.8 Å². The number of hydrogen-bond donors (Lipinski definition) is 1. The minimum absolute atomic E-state index is 0.217. The number of carbonyl (C=O) groups is 2. The van der Waals surface area contributed by atoms with E-state index in [0.29, 0.717) is 0 Å². The molecule has 1 N–H and O–H groups in total. The summed E-state index contributed by atoms with van der Waals surface area (Å²) in [5.41, 5.74) is 0. The van der Waals surface area contributed by atoms with E-state index < -0.39 is 11.9 Å². The van der Waals surface area contributed by atoms with Crippen LogP contribution in [0, 0.1) is 0 Å². The maximum Gasteiger partial charge on any atom is 0.325 e. The number of nitrogens with one attached hydrogen (secondary N) is 1. The van der Waals surface area contributed by atoms with Crippen LogP contribution in [0.3, 0.4) is 0 Å². The first-order valence-electron chi connectivity index (χ1n) is 5.63. The Kier molecular flexibility index (Phi) is 6.91. The molecule has 0 fully saturated rings. The smallest absolute Gasteiger partial charge is 0.325 e. The molecular weight excluding hydrogens is 328 g/mol. The molecule has 0 unspecified atom stereocenters. The molecule has 0 aromatic heterocycles. The van der Waals surface area contributed by atoms with Crippen LogP contribution in [0.1, 0.15) is 6.92 Å². The van der Waals surface area contributed by atoms with Gasteiger partial charge in [-0.15, -0.1) is 0 Å². The molecule has 0 atom stereocenters. The number of amides is 1. The summed E-state index contributed by atoms with van der Waals surface area (Å²) >= 11 is 17.4. The van der Waals surface area contributed by atoms with Gasteiger partial charge in [-0.3, -0.25) is 9.59 Å². The van der Waals surface area contributed by atoms with Gasteiger partial charge >= 0.3 is 5.97 Å². The normalized spacial score (nSPS) is 10.0. The van der Waals surface area contributed by atoms with Crippen molar-refractivity contribution >= 4 is 46.7 Å². The van der Waals surface area contributed by atoms with E-state index in [4.69, 9.17) is 39.5 Å².